The number of hydrogen-bond donors (Lipinski definition) is 1. The van der Waals surface area contributed by atoms with Crippen molar-refractivity contribution in [1.82, 2.24) is 10.3 Å². The fourth-order valence-electron chi connectivity index (χ4n) is 2.83. The van der Waals surface area contributed by atoms with Crippen LogP contribution in [-0.4, -0.2) is 12.0 Å². The van der Waals surface area contributed by atoms with Crippen molar-refractivity contribution >= 4 is 26.7 Å². The summed E-state index contributed by atoms with van der Waals surface area (Å²) in [6.45, 7) is 2.12. The van der Waals surface area contributed by atoms with Gasteiger partial charge >= 0.3 is 0 Å². The Labute approximate surface area is 133 Å². The average Bonchev–Trinajstić information content (AvgIpc) is 2.47. The molecule has 1 unspecified atom stereocenters. The number of fused-ring (bicyclic) bond motifs is 1. The topological polar surface area (TPSA) is 24.9 Å². The van der Waals surface area contributed by atoms with Gasteiger partial charge in [0.15, 0.2) is 0 Å². The lowest BCUT2D eigenvalue weighted by atomic mass is 9.94. The standard InChI is InChI=1S/C18H17BrN2/c1-12-8-14(10-15(19)9-12)18(20-2)17-5-3-4-13-11-21-7-6-16(13)17/h3-11,18,20H,1-2H3. The van der Waals surface area contributed by atoms with Gasteiger partial charge in [0.2, 0.25) is 0 Å². The van der Waals surface area contributed by atoms with Crippen LogP contribution in [0.1, 0.15) is 22.7 Å². The van der Waals surface area contributed by atoms with Crippen molar-refractivity contribution in [2.45, 2.75) is 13.0 Å². The third kappa shape index (κ3) is 2.85. The largest absolute Gasteiger partial charge is 0.309 e. The lowest BCUT2D eigenvalue weighted by molar-refractivity contribution is 0.696. The summed E-state index contributed by atoms with van der Waals surface area (Å²) in [7, 11) is 2.00. The van der Waals surface area contributed by atoms with Crippen LogP contribution in [0.3, 0.4) is 0 Å². The van der Waals surface area contributed by atoms with Crippen molar-refractivity contribution in [3.05, 3.63) is 76.0 Å². The van der Waals surface area contributed by atoms with Gasteiger partial charge in [0, 0.05) is 22.3 Å². The van der Waals surface area contributed by atoms with Crippen LogP contribution in [0.25, 0.3) is 10.8 Å². The van der Waals surface area contributed by atoms with Gasteiger partial charge in [-0.05, 0) is 54.2 Å². The number of rotatable bonds is 3. The molecule has 3 rings (SSSR count). The zero-order valence-corrected chi connectivity index (χ0v) is 13.7. The van der Waals surface area contributed by atoms with Crippen LogP contribution in [0.15, 0.2) is 59.3 Å². The maximum Gasteiger partial charge on any atom is 0.0580 e. The van der Waals surface area contributed by atoms with Gasteiger partial charge in [-0.2, -0.15) is 0 Å². The van der Waals surface area contributed by atoms with E-state index in [9.17, 15) is 0 Å². The first-order valence-electron chi connectivity index (χ1n) is 6.96. The summed E-state index contributed by atoms with van der Waals surface area (Å²) >= 11 is 3.59. The lowest BCUT2D eigenvalue weighted by Crippen LogP contribution is -2.18. The van der Waals surface area contributed by atoms with E-state index in [1.54, 1.807) is 0 Å². The van der Waals surface area contributed by atoms with E-state index in [-0.39, 0.29) is 6.04 Å². The van der Waals surface area contributed by atoms with Gasteiger partial charge in [0.05, 0.1) is 6.04 Å². The van der Waals surface area contributed by atoms with Gasteiger partial charge in [-0.1, -0.05) is 40.2 Å². The number of hydrogen-bond acceptors (Lipinski definition) is 2. The smallest absolute Gasteiger partial charge is 0.0580 e. The highest BCUT2D eigenvalue weighted by Crippen LogP contribution is 2.30. The van der Waals surface area contributed by atoms with Crippen LogP contribution in [0.5, 0.6) is 0 Å². The molecule has 1 atom stereocenters. The molecule has 21 heavy (non-hydrogen) atoms. The Kier molecular flexibility index (Phi) is 4.04. The molecule has 0 aliphatic rings. The van der Waals surface area contributed by atoms with Gasteiger partial charge in [0.1, 0.15) is 0 Å². The van der Waals surface area contributed by atoms with E-state index in [1.807, 2.05) is 19.4 Å². The molecule has 0 bridgehead atoms. The Morgan fingerprint density at radius 2 is 2.00 bits per heavy atom. The van der Waals surface area contributed by atoms with Gasteiger partial charge in [-0.15, -0.1) is 0 Å². The Morgan fingerprint density at radius 3 is 2.76 bits per heavy atom. The Bertz CT molecular complexity index is 758. The van der Waals surface area contributed by atoms with Crippen LogP contribution < -0.4 is 5.32 Å². The minimum absolute atomic E-state index is 0.160. The van der Waals surface area contributed by atoms with E-state index in [0.29, 0.717) is 0 Å². The maximum absolute atomic E-state index is 4.21. The quantitative estimate of drug-likeness (QED) is 0.752. The molecule has 1 heterocycles. The molecule has 106 valence electrons. The molecular formula is C18H17BrN2. The first kappa shape index (κ1) is 14.2. The molecule has 2 aromatic carbocycles. The average molecular weight is 341 g/mol. The predicted molar refractivity (Wildman–Crippen MR) is 91.5 cm³/mol. The Balaban J connectivity index is 2.18. The maximum atomic E-state index is 4.21. The molecule has 1 aromatic heterocycles. The first-order valence-corrected chi connectivity index (χ1v) is 7.75. The van der Waals surface area contributed by atoms with Gasteiger partial charge in [-0.25, -0.2) is 0 Å². The van der Waals surface area contributed by atoms with E-state index in [1.165, 1.54) is 27.5 Å². The Morgan fingerprint density at radius 1 is 1.14 bits per heavy atom. The highest BCUT2D eigenvalue weighted by Gasteiger charge is 2.15. The third-order valence-electron chi connectivity index (χ3n) is 3.71. The predicted octanol–water partition coefficient (Wildman–Crippen LogP) is 4.61. The van der Waals surface area contributed by atoms with Crippen LogP contribution in [0.2, 0.25) is 0 Å². The van der Waals surface area contributed by atoms with Crippen molar-refractivity contribution < 1.29 is 0 Å². The highest BCUT2D eigenvalue weighted by molar-refractivity contribution is 9.10. The molecule has 0 saturated heterocycles. The second-order valence-corrected chi connectivity index (χ2v) is 6.14. The first-order chi connectivity index (χ1) is 10.2. The van der Waals surface area contributed by atoms with Crippen molar-refractivity contribution in [2.24, 2.45) is 0 Å². The molecule has 0 radical (unpaired) electrons. The summed E-state index contributed by atoms with van der Waals surface area (Å²) in [6.07, 6.45) is 3.77. The monoisotopic (exact) mass is 340 g/mol. The highest BCUT2D eigenvalue weighted by atomic mass is 79.9. The SMILES string of the molecule is CNC(c1cc(C)cc(Br)c1)c1cccc2cnccc12. The molecule has 2 nitrogen and oxygen atoms in total. The number of nitrogens with zero attached hydrogens (tertiary/aromatic N) is 1. The van der Waals surface area contributed by atoms with Crippen LogP contribution in [-0.2, 0) is 0 Å². The normalized spacial score (nSPS) is 12.5. The van der Waals surface area contributed by atoms with E-state index >= 15 is 0 Å². The summed E-state index contributed by atoms with van der Waals surface area (Å²) in [5.74, 6) is 0. The zero-order valence-electron chi connectivity index (χ0n) is 12.1. The fraction of sp³-hybridized carbons (Fsp3) is 0.167. The van der Waals surface area contributed by atoms with Crippen molar-refractivity contribution in [3.63, 3.8) is 0 Å². The van der Waals surface area contributed by atoms with Gasteiger partial charge < -0.3 is 5.32 Å². The summed E-state index contributed by atoms with van der Waals surface area (Å²) in [5, 5.41) is 5.85. The van der Waals surface area contributed by atoms with E-state index < -0.39 is 0 Å². The zero-order chi connectivity index (χ0) is 14.8. The number of benzene rings is 2. The number of nitrogens with one attached hydrogen (secondary N) is 1. The fourth-order valence-corrected chi connectivity index (χ4v) is 3.46. The van der Waals surface area contributed by atoms with Gasteiger partial charge in [-0.3, -0.25) is 4.98 Å². The lowest BCUT2D eigenvalue weighted by Gasteiger charge is -2.20. The number of aromatic nitrogens is 1. The molecule has 3 aromatic rings. The second kappa shape index (κ2) is 5.96. The molecule has 1 N–H and O–H groups in total. The third-order valence-corrected chi connectivity index (χ3v) is 4.17. The number of halogens is 1. The summed E-state index contributed by atoms with van der Waals surface area (Å²) in [5.41, 5.74) is 3.78. The van der Waals surface area contributed by atoms with E-state index in [2.05, 4.69) is 75.6 Å². The molecule has 0 amide bonds. The summed E-state index contributed by atoms with van der Waals surface area (Å²) in [6, 6.07) is 15.1. The Hall–Kier alpha value is -1.71. The molecule has 0 spiro atoms. The summed E-state index contributed by atoms with van der Waals surface area (Å²) < 4.78 is 1.11. The van der Waals surface area contributed by atoms with Crippen LogP contribution in [0.4, 0.5) is 0 Å². The minimum Gasteiger partial charge on any atom is -0.309 e. The molecule has 0 saturated carbocycles. The molecule has 3 heteroatoms. The molecule has 0 aliphatic carbocycles. The van der Waals surface area contributed by atoms with Crippen molar-refractivity contribution in [3.8, 4) is 0 Å². The van der Waals surface area contributed by atoms with Crippen molar-refractivity contribution in [1.29, 1.82) is 0 Å². The van der Waals surface area contributed by atoms with E-state index in [0.717, 1.165) is 4.47 Å². The molecular weight excluding hydrogens is 324 g/mol. The van der Waals surface area contributed by atoms with E-state index in [4.69, 9.17) is 0 Å². The summed E-state index contributed by atoms with van der Waals surface area (Å²) in [4.78, 5) is 4.21. The number of pyridine rings is 1. The second-order valence-electron chi connectivity index (χ2n) is 5.23. The molecule has 0 fully saturated rings. The van der Waals surface area contributed by atoms with Gasteiger partial charge in [0.25, 0.3) is 0 Å². The molecule has 0 aliphatic heterocycles. The van der Waals surface area contributed by atoms with Crippen molar-refractivity contribution in [2.75, 3.05) is 7.05 Å². The van der Waals surface area contributed by atoms with Crippen LogP contribution in [0, 0.1) is 6.92 Å². The number of aryl methyl sites for hydroxylation is 1. The minimum atomic E-state index is 0.160. The van der Waals surface area contributed by atoms with Crippen LogP contribution >= 0.6 is 15.9 Å².